The number of alkyl halides is 3. The SMILES string of the molecule is CC(N)C1CCCCN1S(=O)(=O)c1ccc(C(F)(F)F)cc1Cl.Cl. The Bertz CT molecular complexity index is 681. The fraction of sp³-hybridized carbons (Fsp3) is 0.571. The first-order valence-corrected chi connectivity index (χ1v) is 9.01. The van der Waals surface area contributed by atoms with Crippen LogP contribution in [0, 0.1) is 0 Å². The monoisotopic (exact) mass is 406 g/mol. The molecular formula is C14H19Cl2F3N2O2S. The van der Waals surface area contributed by atoms with E-state index in [0.29, 0.717) is 18.9 Å². The molecular weight excluding hydrogens is 388 g/mol. The first-order valence-electron chi connectivity index (χ1n) is 7.19. The molecule has 2 N–H and O–H groups in total. The first-order chi connectivity index (χ1) is 10.5. The highest BCUT2D eigenvalue weighted by molar-refractivity contribution is 7.89. The summed E-state index contributed by atoms with van der Waals surface area (Å²) < 4.78 is 64.9. The van der Waals surface area contributed by atoms with E-state index in [1.807, 2.05) is 0 Å². The van der Waals surface area contributed by atoms with Crippen LogP contribution < -0.4 is 5.73 Å². The molecule has 0 aliphatic carbocycles. The van der Waals surface area contributed by atoms with Gasteiger partial charge in [-0.1, -0.05) is 18.0 Å². The van der Waals surface area contributed by atoms with Crippen LogP contribution in [-0.4, -0.2) is 31.4 Å². The molecule has 0 aromatic heterocycles. The van der Waals surface area contributed by atoms with Crippen LogP contribution in [0.15, 0.2) is 23.1 Å². The van der Waals surface area contributed by atoms with Crippen molar-refractivity contribution in [2.45, 2.75) is 49.3 Å². The fourth-order valence-electron chi connectivity index (χ4n) is 2.77. The largest absolute Gasteiger partial charge is 0.416 e. The van der Waals surface area contributed by atoms with Gasteiger partial charge in [0.2, 0.25) is 10.0 Å². The van der Waals surface area contributed by atoms with Crippen LogP contribution in [0.1, 0.15) is 31.7 Å². The molecule has 2 atom stereocenters. The number of piperidine rings is 1. The smallest absolute Gasteiger partial charge is 0.326 e. The highest BCUT2D eigenvalue weighted by atomic mass is 35.5. The van der Waals surface area contributed by atoms with Crippen molar-refractivity contribution in [3.63, 3.8) is 0 Å². The van der Waals surface area contributed by atoms with Crippen LogP contribution >= 0.6 is 24.0 Å². The number of halogens is 5. The normalized spacial score (nSPS) is 21.2. The maximum Gasteiger partial charge on any atom is 0.416 e. The van der Waals surface area contributed by atoms with Gasteiger partial charge >= 0.3 is 6.18 Å². The summed E-state index contributed by atoms with van der Waals surface area (Å²) in [6.45, 7) is 2.00. The highest BCUT2D eigenvalue weighted by Gasteiger charge is 2.37. The van der Waals surface area contributed by atoms with Crippen molar-refractivity contribution in [1.29, 1.82) is 0 Å². The van der Waals surface area contributed by atoms with Gasteiger partial charge in [0.15, 0.2) is 0 Å². The van der Waals surface area contributed by atoms with Gasteiger partial charge in [-0.15, -0.1) is 12.4 Å². The topological polar surface area (TPSA) is 63.4 Å². The number of nitrogens with two attached hydrogens (primary N) is 1. The van der Waals surface area contributed by atoms with E-state index in [1.54, 1.807) is 6.92 Å². The number of rotatable bonds is 3. The van der Waals surface area contributed by atoms with Gasteiger partial charge in [0.1, 0.15) is 4.90 Å². The van der Waals surface area contributed by atoms with Crippen LogP contribution in [0.4, 0.5) is 13.2 Å². The molecule has 0 radical (unpaired) electrons. The number of nitrogens with zero attached hydrogens (tertiary/aromatic N) is 1. The lowest BCUT2D eigenvalue weighted by atomic mass is 10.00. The van der Waals surface area contributed by atoms with E-state index in [1.165, 1.54) is 4.31 Å². The maximum absolute atomic E-state index is 12.8. The molecule has 1 saturated heterocycles. The van der Waals surface area contributed by atoms with Crippen LogP contribution in [0.5, 0.6) is 0 Å². The summed E-state index contributed by atoms with van der Waals surface area (Å²) in [4.78, 5) is -0.320. The van der Waals surface area contributed by atoms with Gasteiger partial charge in [-0.3, -0.25) is 0 Å². The van der Waals surface area contributed by atoms with Crippen molar-refractivity contribution < 1.29 is 21.6 Å². The van der Waals surface area contributed by atoms with E-state index >= 15 is 0 Å². The molecule has 2 unspecified atom stereocenters. The van der Waals surface area contributed by atoms with Crippen LogP contribution in [0.25, 0.3) is 0 Å². The Kier molecular flexibility index (Phi) is 6.97. The van der Waals surface area contributed by atoms with Crippen molar-refractivity contribution in [1.82, 2.24) is 4.31 Å². The van der Waals surface area contributed by atoms with E-state index < -0.39 is 26.8 Å². The molecule has 138 valence electrons. The average molecular weight is 407 g/mol. The van der Waals surface area contributed by atoms with E-state index in [-0.39, 0.29) is 35.9 Å². The van der Waals surface area contributed by atoms with Crippen LogP contribution in [-0.2, 0) is 16.2 Å². The van der Waals surface area contributed by atoms with Crippen molar-refractivity contribution >= 4 is 34.0 Å². The number of benzene rings is 1. The molecule has 24 heavy (non-hydrogen) atoms. The van der Waals surface area contributed by atoms with Crippen LogP contribution in [0.2, 0.25) is 5.02 Å². The van der Waals surface area contributed by atoms with Crippen molar-refractivity contribution in [2.24, 2.45) is 5.73 Å². The second-order valence-corrected chi connectivity index (χ2v) is 7.95. The van der Waals surface area contributed by atoms with Gasteiger partial charge < -0.3 is 5.73 Å². The summed E-state index contributed by atoms with van der Waals surface area (Å²) in [5.41, 5.74) is 4.88. The zero-order valence-electron chi connectivity index (χ0n) is 12.9. The molecule has 1 heterocycles. The minimum Gasteiger partial charge on any atom is -0.326 e. The Morgan fingerprint density at radius 2 is 1.96 bits per heavy atom. The quantitative estimate of drug-likeness (QED) is 0.832. The van der Waals surface area contributed by atoms with E-state index in [0.717, 1.165) is 18.6 Å². The lowest BCUT2D eigenvalue weighted by molar-refractivity contribution is -0.137. The van der Waals surface area contributed by atoms with Crippen molar-refractivity contribution in [2.75, 3.05) is 6.54 Å². The standard InChI is InChI=1S/C14H18ClF3N2O2S.ClH/c1-9(19)12-4-2-3-7-20(12)23(21,22)13-6-5-10(8-11(13)15)14(16,17)18;/h5-6,8-9,12H,2-4,7,19H2,1H3;1H. The molecule has 1 fully saturated rings. The van der Waals surface area contributed by atoms with E-state index in [2.05, 4.69) is 0 Å². The van der Waals surface area contributed by atoms with E-state index in [4.69, 9.17) is 17.3 Å². The third-order valence-corrected chi connectivity index (χ3v) is 6.36. The molecule has 1 aliphatic rings. The molecule has 0 bridgehead atoms. The summed E-state index contributed by atoms with van der Waals surface area (Å²) in [6.07, 6.45) is -2.42. The van der Waals surface area contributed by atoms with Gasteiger partial charge in [0.25, 0.3) is 0 Å². The second kappa shape index (κ2) is 7.78. The molecule has 0 spiro atoms. The summed E-state index contributed by atoms with van der Waals surface area (Å²) in [5.74, 6) is 0. The summed E-state index contributed by atoms with van der Waals surface area (Å²) >= 11 is 5.83. The predicted octanol–water partition coefficient (Wildman–Crippen LogP) is 3.67. The summed E-state index contributed by atoms with van der Waals surface area (Å²) in [5, 5.41) is -0.436. The molecule has 1 aromatic carbocycles. The van der Waals surface area contributed by atoms with E-state index in [9.17, 15) is 21.6 Å². The summed E-state index contributed by atoms with van der Waals surface area (Å²) in [6, 6.07) is 1.52. The zero-order valence-corrected chi connectivity index (χ0v) is 15.3. The van der Waals surface area contributed by atoms with Gasteiger partial charge in [-0.05, 0) is 38.0 Å². The minimum absolute atomic E-state index is 0. The number of sulfonamides is 1. The van der Waals surface area contributed by atoms with Crippen molar-refractivity contribution in [3.8, 4) is 0 Å². The molecule has 2 rings (SSSR count). The van der Waals surface area contributed by atoms with Crippen molar-refractivity contribution in [3.05, 3.63) is 28.8 Å². The molecule has 4 nitrogen and oxygen atoms in total. The molecule has 10 heteroatoms. The Morgan fingerprint density at radius 3 is 2.46 bits per heavy atom. The summed E-state index contributed by atoms with van der Waals surface area (Å²) in [7, 11) is -4.00. The Morgan fingerprint density at radius 1 is 1.33 bits per heavy atom. The minimum atomic E-state index is -4.58. The predicted molar refractivity (Wildman–Crippen MR) is 88.9 cm³/mol. The van der Waals surface area contributed by atoms with Gasteiger partial charge in [-0.25, -0.2) is 8.42 Å². The third-order valence-electron chi connectivity index (χ3n) is 3.95. The third kappa shape index (κ3) is 4.35. The Balaban J connectivity index is 0.00000288. The lowest BCUT2D eigenvalue weighted by Crippen LogP contribution is -2.51. The first kappa shape index (κ1) is 21.5. The van der Waals surface area contributed by atoms with Crippen LogP contribution in [0.3, 0.4) is 0 Å². The molecule has 0 saturated carbocycles. The van der Waals surface area contributed by atoms with Gasteiger partial charge in [0, 0.05) is 18.6 Å². The fourth-order valence-corrected chi connectivity index (χ4v) is 5.06. The maximum atomic E-state index is 12.8. The van der Waals surface area contributed by atoms with Gasteiger partial charge in [0.05, 0.1) is 10.6 Å². The van der Waals surface area contributed by atoms with Gasteiger partial charge in [-0.2, -0.15) is 17.5 Å². The molecule has 1 aromatic rings. The molecule has 0 amide bonds. The number of hydrogen-bond donors (Lipinski definition) is 1. The Labute approximate surface area is 150 Å². The highest BCUT2D eigenvalue weighted by Crippen LogP contribution is 2.35. The lowest BCUT2D eigenvalue weighted by Gasteiger charge is -2.37. The number of hydrogen-bond acceptors (Lipinski definition) is 3. The Hall–Kier alpha value is -0.540. The molecule has 1 aliphatic heterocycles. The average Bonchev–Trinajstić information content (AvgIpc) is 2.45. The second-order valence-electron chi connectivity index (χ2n) is 5.68. The zero-order chi connectivity index (χ0) is 17.4.